The summed E-state index contributed by atoms with van der Waals surface area (Å²) in [4.78, 5) is 12.0. The third kappa shape index (κ3) is 3.56. The second kappa shape index (κ2) is 7.83. The molecule has 0 saturated heterocycles. The molecule has 0 amide bonds. The first-order chi connectivity index (χ1) is 12.6. The van der Waals surface area contributed by atoms with E-state index in [4.69, 9.17) is 21.1 Å². The Morgan fingerprint density at radius 2 is 1.96 bits per heavy atom. The van der Waals surface area contributed by atoms with Gasteiger partial charge in [-0.1, -0.05) is 30.7 Å². The van der Waals surface area contributed by atoms with Crippen molar-refractivity contribution in [1.82, 2.24) is 4.57 Å². The number of ether oxygens (including phenoxy) is 2. The van der Waals surface area contributed by atoms with Crippen molar-refractivity contribution in [2.24, 2.45) is 0 Å². The fraction of sp³-hybridized carbons (Fsp3) is 0.286. The number of hydrogen-bond acceptors (Lipinski definition) is 3. The highest BCUT2D eigenvalue weighted by molar-refractivity contribution is 6.30. The first-order valence-corrected chi connectivity index (χ1v) is 8.94. The lowest BCUT2D eigenvalue weighted by Gasteiger charge is -2.11. The third-order valence-electron chi connectivity index (χ3n) is 4.61. The number of carbonyl (C=O) groups excluding carboxylic acids is 1. The molecule has 136 valence electrons. The van der Waals surface area contributed by atoms with Crippen molar-refractivity contribution < 1.29 is 14.3 Å². The molecular weight excluding hydrogens is 350 g/mol. The highest BCUT2D eigenvalue weighted by Gasteiger charge is 2.19. The van der Waals surface area contributed by atoms with Crippen molar-refractivity contribution in [3.05, 3.63) is 64.3 Å². The molecule has 1 heterocycles. The number of aromatic nitrogens is 1. The minimum atomic E-state index is -0.246. The first kappa shape index (κ1) is 18.3. The van der Waals surface area contributed by atoms with Crippen LogP contribution < -0.4 is 4.74 Å². The van der Waals surface area contributed by atoms with Crippen LogP contribution >= 0.6 is 11.6 Å². The Morgan fingerprint density at radius 1 is 1.15 bits per heavy atom. The predicted octanol–water partition coefficient (Wildman–Crippen LogP) is 4.63. The molecule has 26 heavy (non-hydrogen) atoms. The summed E-state index contributed by atoms with van der Waals surface area (Å²) >= 11 is 6.15. The topological polar surface area (TPSA) is 40.5 Å². The lowest BCUT2D eigenvalue weighted by atomic mass is 10.1. The molecule has 0 fully saturated rings. The van der Waals surface area contributed by atoms with Crippen LogP contribution in [-0.2, 0) is 28.9 Å². The van der Waals surface area contributed by atoms with Gasteiger partial charge in [-0.15, -0.1) is 0 Å². The van der Waals surface area contributed by atoms with Crippen LogP contribution in [0.25, 0.3) is 10.9 Å². The number of esters is 1. The minimum absolute atomic E-state index is 0.242. The molecule has 0 saturated carbocycles. The van der Waals surface area contributed by atoms with Crippen LogP contribution in [0.5, 0.6) is 5.75 Å². The minimum Gasteiger partial charge on any atom is -0.497 e. The Morgan fingerprint density at radius 3 is 2.62 bits per heavy atom. The molecule has 0 aliphatic carbocycles. The van der Waals surface area contributed by atoms with Gasteiger partial charge >= 0.3 is 5.97 Å². The fourth-order valence-electron chi connectivity index (χ4n) is 3.40. The van der Waals surface area contributed by atoms with Crippen LogP contribution in [0.3, 0.4) is 0 Å². The Labute approximate surface area is 158 Å². The fourth-order valence-corrected chi connectivity index (χ4v) is 3.61. The molecule has 0 unspecified atom stereocenters. The van der Waals surface area contributed by atoms with Gasteiger partial charge in [0.25, 0.3) is 0 Å². The number of fused-ring (bicyclic) bond motifs is 1. The summed E-state index contributed by atoms with van der Waals surface area (Å²) in [5.74, 6) is 0.524. The van der Waals surface area contributed by atoms with Crippen molar-refractivity contribution >= 4 is 28.5 Å². The molecular formula is C21H22ClNO3. The lowest BCUT2D eigenvalue weighted by Crippen LogP contribution is -2.09. The van der Waals surface area contributed by atoms with Crippen molar-refractivity contribution in [2.45, 2.75) is 26.3 Å². The summed E-state index contributed by atoms with van der Waals surface area (Å²) in [5, 5.41) is 1.74. The summed E-state index contributed by atoms with van der Waals surface area (Å²) < 4.78 is 12.5. The number of benzene rings is 2. The first-order valence-electron chi connectivity index (χ1n) is 8.56. The van der Waals surface area contributed by atoms with Gasteiger partial charge in [0, 0.05) is 28.2 Å². The number of rotatable bonds is 6. The standard InChI is InChI=1S/C21H22ClNO3/c1-4-19-18(12-21(24)26-3)17-11-16(25-2)8-9-20(17)23(19)13-14-6-5-7-15(22)10-14/h5-11H,4,12-13H2,1-3H3. The van der Waals surface area contributed by atoms with Crippen molar-refractivity contribution in [3.63, 3.8) is 0 Å². The maximum absolute atomic E-state index is 12.0. The average Bonchev–Trinajstić information content (AvgIpc) is 2.93. The summed E-state index contributed by atoms with van der Waals surface area (Å²) in [5.41, 5.74) is 4.31. The third-order valence-corrected chi connectivity index (χ3v) is 4.84. The van der Waals surface area contributed by atoms with Gasteiger partial charge in [0.1, 0.15) is 5.75 Å². The second-order valence-corrected chi connectivity index (χ2v) is 6.57. The van der Waals surface area contributed by atoms with E-state index in [9.17, 15) is 4.79 Å². The van der Waals surface area contributed by atoms with E-state index in [0.717, 1.165) is 39.9 Å². The molecule has 0 spiro atoms. The summed E-state index contributed by atoms with van der Waals surface area (Å²) in [6.07, 6.45) is 1.05. The van der Waals surface area contributed by atoms with Crippen molar-refractivity contribution in [2.75, 3.05) is 14.2 Å². The summed E-state index contributed by atoms with van der Waals surface area (Å²) in [7, 11) is 3.06. The predicted molar refractivity (Wildman–Crippen MR) is 104 cm³/mol. The van der Waals surface area contributed by atoms with Crippen LogP contribution in [0.15, 0.2) is 42.5 Å². The van der Waals surface area contributed by atoms with E-state index in [-0.39, 0.29) is 12.4 Å². The Bertz CT molecular complexity index is 946. The maximum atomic E-state index is 12.0. The van der Waals surface area contributed by atoms with Crippen LogP contribution in [0.2, 0.25) is 5.02 Å². The summed E-state index contributed by atoms with van der Waals surface area (Å²) in [6, 6.07) is 13.8. The molecule has 0 aliphatic rings. The number of nitrogens with zero attached hydrogens (tertiary/aromatic N) is 1. The monoisotopic (exact) mass is 371 g/mol. The number of methoxy groups -OCH3 is 2. The smallest absolute Gasteiger partial charge is 0.310 e. The van der Waals surface area contributed by atoms with Gasteiger partial charge in [0.05, 0.1) is 20.6 Å². The maximum Gasteiger partial charge on any atom is 0.310 e. The molecule has 3 rings (SSSR count). The van der Waals surface area contributed by atoms with E-state index in [1.54, 1.807) is 7.11 Å². The molecule has 0 N–H and O–H groups in total. The second-order valence-electron chi connectivity index (χ2n) is 6.13. The van der Waals surface area contributed by atoms with Gasteiger partial charge < -0.3 is 14.0 Å². The van der Waals surface area contributed by atoms with Gasteiger partial charge in [-0.3, -0.25) is 4.79 Å². The zero-order valence-electron chi connectivity index (χ0n) is 15.2. The molecule has 2 aromatic carbocycles. The molecule has 5 heteroatoms. The molecule has 3 aromatic rings. The molecule has 0 aliphatic heterocycles. The quantitative estimate of drug-likeness (QED) is 0.593. The average molecular weight is 372 g/mol. The molecule has 0 atom stereocenters. The van der Waals surface area contributed by atoms with Crippen molar-refractivity contribution in [1.29, 1.82) is 0 Å². The van der Waals surface area contributed by atoms with E-state index in [0.29, 0.717) is 11.6 Å². The van der Waals surface area contributed by atoms with Gasteiger partial charge in [-0.2, -0.15) is 0 Å². The van der Waals surface area contributed by atoms with Crippen LogP contribution in [0, 0.1) is 0 Å². The number of carbonyl (C=O) groups is 1. The molecule has 4 nitrogen and oxygen atoms in total. The van der Waals surface area contributed by atoms with Crippen molar-refractivity contribution in [3.8, 4) is 5.75 Å². The van der Waals surface area contributed by atoms with E-state index in [2.05, 4.69) is 17.6 Å². The Hall–Kier alpha value is -2.46. The number of hydrogen-bond donors (Lipinski definition) is 0. The van der Waals surface area contributed by atoms with E-state index >= 15 is 0 Å². The van der Waals surface area contributed by atoms with Crippen LogP contribution in [-0.4, -0.2) is 24.8 Å². The highest BCUT2D eigenvalue weighted by Crippen LogP contribution is 2.31. The van der Waals surface area contributed by atoms with E-state index in [1.807, 2.05) is 36.4 Å². The Balaban J connectivity index is 2.18. The van der Waals surface area contributed by atoms with Crippen LogP contribution in [0.4, 0.5) is 0 Å². The molecule has 0 bridgehead atoms. The van der Waals surface area contributed by atoms with E-state index in [1.165, 1.54) is 7.11 Å². The SMILES string of the molecule is CCc1c(CC(=O)OC)c2cc(OC)ccc2n1Cc1cccc(Cl)c1. The normalized spacial score (nSPS) is 10.9. The van der Waals surface area contributed by atoms with Gasteiger partial charge in [0.15, 0.2) is 0 Å². The molecule has 1 aromatic heterocycles. The van der Waals surface area contributed by atoms with Crippen LogP contribution in [0.1, 0.15) is 23.7 Å². The highest BCUT2D eigenvalue weighted by atomic mass is 35.5. The lowest BCUT2D eigenvalue weighted by molar-refractivity contribution is -0.139. The summed E-state index contributed by atoms with van der Waals surface area (Å²) in [6.45, 7) is 2.79. The van der Waals surface area contributed by atoms with Gasteiger partial charge in [-0.25, -0.2) is 0 Å². The van der Waals surface area contributed by atoms with Gasteiger partial charge in [-0.05, 0) is 47.9 Å². The zero-order chi connectivity index (χ0) is 18.7. The molecule has 0 radical (unpaired) electrons. The number of halogens is 1. The largest absolute Gasteiger partial charge is 0.497 e. The van der Waals surface area contributed by atoms with Gasteiger partial charge in [0.2, 0.25) is 0 Å². The zero-order valence-corrected chi connectivity index (χ0v) is 16.0. The Kier molecular flexibility index (Phi) is 5.52. The van der Waals surface area contributed by atoms with E-state index < -0.39 is 0 Å².